The largest absolute Gasteiger partial charge is 0.506 e. The first-order valence-electron chi connectivity index (χ1n) is 14.9. The monoisotopic (exact) mass is 765 g/mol. The van der Waals surface area contributed by atoms with Crippen molar-refractivity contribution in [3.8, 4) is 23.2 Å². The number of para-hydroxylation sites is 1. The van der Waals surface area contributed by atoms with Gasteiger partial charge in [0.1, 0.15) is 17.1 Å². The summed E-state index contributed by atoms with van der Waals surface area (Å²) in [5.41, 5.74) is 5.48. The molecule has 5 nitrogen and oxygen atoms in total. The van der Waals surface area contributed by atoms with E-state index in [1.165, 1.54) is 5.56 Å². The van der Waals surface area contributed by atoms with Gasteiger partial charge < -0.3 is 14.4 Å². The molecule has 0 radical (unpaired) electrons. The number of benzene rings is 3. The number of ether oxygens (including phenoxy) is 1. The van der Waals surface area contributed by atoms with E-state index in [2.05, 4.69) is 115 Å². The second-order valence-electron chi connectivity index (χ2n) is 14.6. The summed E-state index contributed by atoms with van der Waals surface area (Å²) in [6.45, 7) is 19.6. The van der Waals surface area contributed by atoms with Crippen LogP contribution in [-0.4, -0.2) is 19.6 Å². The standard InChI is InChI=1S/C38H40N3O2.Pt/c1-36(2,3)23-16-17-39-33(20-23)41-30-13-11-10-12-26(30)27-15-14-25(21-31(27)41)43-34-22-29(38(7,8)9)28-18-24(37(4,5)6)19-32(42)35(28)40-34;/h10-20,22,42H,1-9H3;/q-1;. The van der Waals surface area contributed by atoms with Crippen LogP contribution in [0.1, 0.15) is 79.0 Å². The molecule has 0 atom stereocenters. The zero-order chi connectivity index (χ0) is 30.9. The van der Waals surface area contributed by atoms with E-state index in [4.69, 9.17) is 14.7 Å². The fourth-order valence-corrected chi connectivity index (χ4v) is 5.68. The molecule has 44 heavy (non-hydrogen) atoms. The van der Waals surface area contributed by atoms with Gasteiger partial charge in [-0.25, -0.2) is 9.97 Å². The van der Waals surface area contributed by atoms with Crippen molar-refractivity contribution in [1.82, 2.24) is 14.5 Å². The maximum Gasteiger partial charge on any atom is 0.217 e. The summed E-state index contributed by atoms with van der Waals surface area (Å²) in [6, 6.07) is 26.1. The van der Waals surface area contributed by atoms with E-state index in [1.54, 1.807) is 0 Å². The number of hydrogen-bond acceptors (Lipinski definition) is 4. The molecule has 0 aliphatic heterocycles. The molecule has 0 fully saturated rings. The second kappa shape index (κ2) is 11.0. The Morgan fingerprint density at radius 3 is 2.11 bits per heavy atom. The fourth-order valence-electron chi connectivity index (χ4n) is 5.68. The molecule has 0 amide bonds. The summed E-state index contributed by atoms with van der Waals surface area (Å²) in [6.07, 6.45) is 1.88. The Kier molecular flexibility index (Phi) is 7.95. The van der Waals surface area contributed by atoms with E-state index in [9.17, 15) is 5.11 Å². The van der Waals surface area contributed by atoms with Crippen LogP contribution in [0.25, 0.3) is 38.5 Å². The van der Waals surface area contributed by atoms with Crippen LogP contribution in [0.5, 0.6) is 17.4 Å². The zero-order valence-electron chi connectivity index (χ0n) is 26.9. The van der Waals surface area contributed by atoms with Crippen LogP contribution in [0.4, 0.5) is 0 Å². The van der Waals surface area contributed by atoms with Crippen molar-refractivity contribution >= 4 is 32.7 Å². The van der Waals surface area contributed by atoms with Crippen molar-refractivity contribution in [2.75, 3.05) is 0 Å². The maximum absolute atomic E-state index is 11.1. The van der Waals surface area contributed by atoms with Crippen LogP contribution in [-0.2, 0) is 37.3 Å². The molecule has 6 rings (SSSR count). The topological polar surface area (TPSA) is 60.2 Å². The Labute approximate surface area is 274 Å². The van der Waals surface area contributed by atoms with E-state index in [-0.39, 0.29) is 43.1 Å². The number of aromatic nitrogens is 3. The van der Waals surface area contributed by atoms with Gasteiger partial charge in [0.25, 0.3) is 0 Å². The molecule has 0 unspecified atom stereocenters. The number of fused-ring (bicyclic) bond motifs is 4. The molecule has 0 aliphatic rings. The number of hydrogen-bond donors (Lipinski definition) is 1. The van der Waals surface area contributed by atoms with Crippen molar-refractivity contribution in [3.05, 3.63) is 95.7 Å². The van der Waals surface area contributed by atoms with Crippen LogP contribution in [0.2, 0.25) is 0 Å². The summed E-state index contributed by atoms with van der Waals surface area (Å²) in [5, 5.41) is 14.3. The van der Waals surface area contributed by atoms with Crippen molar-refractivity contribution in [2.45, 2.75) is 78.6 Å². The molecule has 0 bridgehead atoms. The molecule has 0 aliphatic carbocycles. The maximum atomic E-state index is 11.1. The minimum atomic E-state index is -0.202. The summed E-state index contributed by atoms with van der Waals surface area (Å²) >= 11 is 0. The first-order valence-corrected chi connectivity index (χ1v) is 14.9. The third-order valence-corrected chi connectivity index (χ3v) is 8.16. The number of nitrogens with zero attached hydrogens (tertiary/aromatic N) is 3. The SMILES string of the molecule is CC(C)(C)c1ccnc(-n2c3[c-]c(Oc4cc(C(C)(C)C)c5cc(C(C)(C)C)cc(O)c5n4)ccc3c3ccccc32)c1.[Pt]. The molecule has 6 heteroatoms. The van der Waals surface area contributed by atoms with Gasteiger partial charge in [-0.1, -0.05) is 86.0 Å². The second-order valence-corrected chi connectivity index (χ2v) is 14.6. The third kappa shape index (κ3) is 5.75. The normalized spacial score (nSPS) is 12.6. The molecular formula is C38H40N3O2Pt-. The zero-order valence-corrected chi connectivity index (χ0v) is 29.2. The number of aromatic hydroxyl groups is 1. The Morgan fingerprint density at radius 2 is 1.43 bits per heavy atom. The molecule has 1 N–H and O–H groups in total. The van der Waals surface area contributed by atoms with Crippen molar-refractivity contribution in [3.63, 3.8) is 0 Å². The van der Waals surface area contributed by atoms with Crippen molar-refractivity contribution in [2.24, 2.45) is 0 Å². The van der Waals surface area contributed by atoms with Crippen LogP contribution >= 0.6 is 0 Å². The number of pyridine rings is 2. The van der Waals surface area contributed by atoms with Crippen molar-refractivity contribution in [1.29, 1.82) is 0 Å². The van der Waals surface area contributed by atoms with Crippen LogP contribution in [0.15, 0.2) is 72.9 Å². The average molecular weight is 766 g/mol. The number of phenols is 1. The van der Waals surface area contributed by atoms with E-state index in [1.807, 2.05) is 30.5 Å². The summed E-state index contributed by atoms with van der Waals surface area (Å²) in [5.74, 6) is 1.96. The summed E-state index contributed by atoms with van der Waals surface area (Å²) in [4.78, 5) is 9.58. The van der Waals surface area contributed by atoms with Gasteiger partial charge >= 0.3 is 0 Å². The summed E-state index contributed by atoms with van der Waals surface area (Å²) in [7, 11) is 0. The molecule has 3 aromatic heterocycles. The quantitative estimate of drug-likeness (QED) is 0.182. The van der Waals surface area contributed by atoms with Gasteiger partial charge in [-0.15, -0.1) is 17.5 Å². The minimum absolute atomic E-state index is 0. The van der Waals surface area contributed by atoms with E-state index in [0.717, 1.165) is 44.1 Å². The molecule has 230 valence electrons. The van der Waals surface area contributed by atoms with Crippen LogP contribution < -0.4 is 4.74 Å². The molecular weight excluding hydrogens is 726 g/mol. The van der Waals surface area contributed by atoms with E-state index < -0.39 is 0 Å². The van der Waals surface area contributed by atoms with Gasteiger partial charge in [0.15, 0.2) is 0 Å². The predicted molar refractivity (Wildman–Crippen MR) is 177 cm³/mol. The molecule has 0 saturated heterocycles. The van der Waals surface area contributed by atoms with Gasteiger partial charge in [0.05, 0.1) is 0 Å². The van der Waals surface area contributed by atoms with Gasteiger partial charge in [0.2, 0.25) is 5.88 Å². The average Bonchev–Trinajstić information content (AvgIpc) is 3.25. The Morgan fingerprint density at radius 1 is 0.727 bits per heavy atom. The Hall–Kier alpha value is -3.69. The smallest absolute Gasteiger partial charge is 0.217 e. The Bertz CT molecular complexity index is 2020. The van der Waals surface area contributed by atoms with Gasteiger partial charge in [-0.3, -0.25) is 0 Å². The molecule has 0 saturated carbocycles. The van der Waals surface area contributed by atoms with Crippen LogP contribution in [0, 0.1) is 6.07 Å². The Balaban J connectivity index is 0.00000384. The first-order chi connectivity index (χ1) is 20.1. The number of rotatable bonds is 3. The molecule has 0 spiro atoms. The predicted octanol–water partition coefficient (Wildman–Crippen LogP) is 9.91. The van der Waals surface area contributed by atoms with Crippen molar-refractivity contribution < 1.29 is 30.9 Å². The van der Waals surface area contributed by atoms with Crippen LogP contribution in [0.3, 0.4) is 0 Å². The summed E-state index contributed by atoms with van der Waals surface area (Å²) < 4.78 is 8.59. The minimum Gasteiger partial charge on any atom is -0.506 e. The molecule has 6 aromatic rings. The molecule has 3 aromatic carbocycles. The van der Waals surface area contributed by atoms with E-state index in [0.29, 0.717) is 17.1 Å². The van der Waals surface area contributed by atoms with Gasteiger partial charge in [-0.2, -0.15) is 6.07 Å². The number of phenolic OH excluding ortho intramolecular Hbond substituents is 1. The van der Waals surface area contributed by atoms with E-state index >= 15 is 0 Å². The molecule has 3 heterocycles. The van der Waals surface area contributed by atoms with Gasteiger partial charge in [0, 0.05) is 50.0 Å². The van der Waals surface area contributed by atoms with Gasteiger partial charge in [-0.05, 0) is 68.7 Å². The fraction of sp³-hybridized carbons (Fsp3) is 0.316. The third-order valence-electron chi connectivity index (χ3n) is 8.16. The first kappa shape index (κ1) is 31.7.